The highest BCUT2D eigenvalue weighted by atomic mass is 16.2. The van der Waals surface area contributed by atoms with Crippen LogP contribution in [-0.2, 0) is 13.1 Å². The summed E-state index contributed by atoms with van der Waals surface area (Å²) < 4.78 is 0. The first-order chi connectivity index (χ1) is 13.2. The minimum atomic E-state index is -0.112. The Hall–Kier alpha value is -3.21. The maximum atomic E-state index is 12.7. The van der Waals surface area contributed by atoms with E-state index in [4.69, 9.17) is 0 Å². The fraction of sp³-hybridized carbons (Fsp3) is 0.227. The summed E-state index contributed by atoms with van der Waals surface area (Å²) in [5.74, 6) is 0.542. The number of amides is 1. The largest absolute Gasteiger partial charge is 0.365 e. The number of nitrogens with zero attached hydrogens (tertiary/aromatic N) is 3. The summed E-state index contributed by atoms with van der Waals surface area (Å²) in [5, 5.41) is 3.25. The van der Waals surface area contributed by atoms with E-state index in [0.29, 0.717) is 31.1 Å². The van der Waals surface area contributed by atoms with Crippen LogP contribution in [-0.4, -0.2) is 27.3 Å². The third-order valence-electron chi connectivity index (χ3n) is 4.48. The van der Waals surface area contributed by atoms with Gasteiger partial charge in [-0.25, -0.2) is 9.97 Å². The van der Waals surface area contributed by atoms with Crippen molar-refractivity contribution < 1.29 is 4.79 Å². The second-order valence-electron chi connectivity index (χ2n) is 6.37. The van der Waals surface area contributed by atoms with Gasteiger partial charge in [0, 0.05) is 19.6 Å². The number of hydrogen-bond acceptors (Lipinski definition) is 4. The van der Waals surface area contributed by atoms with Gasteiger partial charge >= 0.3 is 0 Å². The number of carbonyl (C=O) groups is 1. The minimum absolute atomic E-state index is 0.112. The third kappa shape index (κ3) is 4.91. The van der Waals surface area contributed by atoms with E-state index in [1.54, 1.807) is 11.1 Å². The van der Waals surface area contributed by atoms with E-state index in [0.717, 1.165) is 5.56 Å². The number of anilines is 1. The Bertz CT molecular complexity index is 878. The molecule has 1 amide bonds. The number of hydrogen-bond donors (Lipinski definition) is 1. The fourth-order valence-electron chi connectivity index (χ4n) is 2.82. The molecule has 1 heterocycles. The molecule has 0 aliphatic carbocycles. The Labute approximate surface area is 160 Å². The highest BCUT2D eigenvalue weighted by Gasteiger charge is 2.16. The Balaban J connectivity index is 1.63. The van der Waals surface area contributed by atoms with Crippen molar-refractivity contribution in [2.24, 2.45) is 0 Å². The number of carbonyl (C=O) groups excluding carboxylic acids is 1. The highest BCUT2D eigenvalue weighted by molar-refractivity contribution is 5.92. The molecular formula is C22H24N4O. The zero-order valence-corrected chi connectivity index (χ0v) is 15.7. The van der Waals surface area contributed by atoms with E-state index in [1.807, 2.05) is 49.4 Å². The minimum Gasteiger partial charge on any atom is -0.365 e. The van der Waals surface area contributed by atoms with Gasteiger partial charge < -0.3 is 10.2 Å². The van der Waals surface area contributed by atoms with Gasteiger partial charge in [0.25, 0.3) is 5.91 Å². The zero-order chi connectivity index (χ0) is 19.1. The molecule has 5 heteroatoms. The Morgan fingerprint density at radius 3 is 2.41 bits per heavy atom. The molecule has 0 unspecified atom stereocenters. The van der Waals surface area contributed by atoms with Crippen LogP contribution < -0.4 is 5.32 Å². The van der Waals surface area contributed by atoms with Crippen LogP contribution in [0.3, 0.4) is 0 Å². The summed E-state index contributed by atoms with van der Waals surface area (Å²) >= 11 is 0. The number of rotatable bonds is 7. The average molecular weight is 360 g/mol. The first-order valence-corrected chi connectivity index (χ1v) is 9.11. The van der Waals surface area contributed by atoms with Crippen LogP contribution in [0.15, 0.2) is 67.0 Å². The van der Waals surface area contributed by atoms with Gasteiger partial charge in [0.05, 0.1) is 12.4 Å². The van der Waals surface area contributed by atoms with Crippen LogP contribution in [0.5, 0.6) is 0 Å². The van der Waals surface area contributed by atoms with E-state index in [1.165, 1.54) is 17.3 Å². The van der Waals surface area contributed by atoms with Crippen molar-refractivity contribution in [2.75, 3.05) is 11.9 Å². The summed E-state index contributed by atoms with van der Waals surface area (Å²) in [4.78, 5) is 23.1. The van der Waals surface area contributed by atoms with Crippen LogP contribution in [0.4, 0.5) is 5.82 Å². The predicted molar refractivity (Wildman–Crippen MR) is 107 cm³/mol. The summed E-state index contributed by atoms with van der Waals surface area (Å²) in [7, 11) is 0. The van der Waals surface area contributed by atoms with Gasteiger partial charge in [-0.2, -0.15) is 0 Å². The lowest BCUT2D eigenvalue weighted by Crippen LogP contribution is -2.31. The summed E-state index contributed by atoms with van der Waals surface area (Å²) in [5.41, 5.74) is 3.88. The molecular weight excluding hydrogens is 336 g/mol. The number of aryl methyl sites for hydroxylation is 1. The van der Waals surface area contributed by atoms with Crippen LogP contribution in [0.1, 0.15) is 34.1 Å². The highest BCUT2D eigenvalue weighted by Crippen LogP contribution is 2.12. The van der Waals surface area contributed by atoms with Gasteiger partial charge in [-0.3, -0.25) is 4.79 Å². The van der Waals surface area contributed by atoms with Gasteiger partial charge in [0.15, 0.2) is 0 Å². The monoisotopic (exact) mass is 360 g/mol. The van der Waals surface area contributed by atoms with E-state index in [-0.39, 0.29) is 5.91 Å². The third-order valence-corrected chi connectivity index (χ3v) is 4.48. The number of aromatic nitrogens is 2. The molecule has 0 atom stereocenters. The lowest BCUT2D eigenvalue weighted by Gasteiger charge is -2.20. The normalized spacial score (nSPS) is 10.4. The first kappa shape index (κ1) is 18.6. The molecule has 3 rings (SSSR count). The molecule has 5 nitrogen and oxygen atoms in total. The van der Waals surface area contributed by atoms with Crippen molar-refractivity contribution in [3.05, 3.63) is 89.4 Å². The standard InChI is InChI=1S/C22H24N4O/c1-3-26(16-18-10-5-4-6-11-18)22(27)20-14-25-21(15-23-20)24-13-19-12-8-7-9-17(19)2/h4-12,14-15H,3,13,16H2,1-2H3,(H,24,25). The van der Waals surface area contributed by atoms with Crippen molar-refractivity contribution in [3.8, 4) is 0 Å². The smallest absolute Gasteiger partial charge is 0.274 e. The molecule has 0 saturated carbocycles. The van der Waals surface area contributed by atoms with Crippen molar-refractivity contribution in [1.29, 1.82) is 0 Å². The lowest BCUT2D eigenvalue weighted by atomic mass is 10.1. The van der Waals surface area contributed by atoms with Crippen molar-refractivity contribution in [1.82, 2.24) is 14.9 Å². The Kier molecular flexibility index (Phi) is 6.15. The van der Waals surface area contributed by atoms with Gasteiger partial charge in [0.2, 0.25) is 0 Å². The average Bonchev–Trinajstić information content (AvgIpc) is 2.72. The van der Waals surface area contributed by atoms with E-state index < -0.39 is 0 Å². The SMILES string of the molecule is CCN(Cc1ccccc1)C(=O)c1cnc(NCc2ccccc2C)cn1. The van der Waals surface area contributed by atoms with E-state index >= 15 is 0 Å². The van der Waals surface area contributed by atoms with Gasteiger partial charge in [-0.1, -0.05) is 54.6 Å². The summed E-state index contributed by atoms with van der Waals surface area (Å²) in [6.45, 7) is 5.89. The molecule has 0 bridgehead atoms. The molecule has 27 heavy (non-hydrogen) atoms. The van der Waals surface area contributed by atoms with Crippen molar-refractivity contribution in [2.45, 2.75) is 26.9 Å². The topological polar surface area (TPSA) is 58.1 Å². The van der Waals surface area contributed by atoms with Crippen LogP contribution >= 0.6 is 0 Å². The molecule has 0 aliphatic rings. The van der Waals surface area contributed by atoms with Crippen molar-refractivity contribution in [3.63, 3.8) is 0 Å². The molecule has 138 valence electrons. The summed E-state index contributed by atoms with van der Waals surface area (Å²) in [6.07, 6.45) is 3.15. The molecule has 0 radical (unpaired) electrons. The number of benzene rings is 2. The lowest BCUT2D eigenvalue weighted by molar-refractivity contribution is 0.0746. The second kappa shape index (κ2) is 8.94. The van der Waals surface area contributed by atoms with Crippen LogP contribution in [0.2, 0.25) is 0 Å². The number of nitrogens with one attached hydrogen (secondary N) is 1. The maximum Gasteiger partial charge on any atom is 0.274 e. The Morgan fingerprint density at radius 1 is 1.00 bits per heavy atom. The quantitative estimate of drug-likeness (QED) is 0.690. The van der Waals surface area contributed by atoms with Crippen molar-refractivity contribution >= 4 is 11.7 Å². The predicted octanol–water partition coefficient (Wildman–Crippen LogP) is 4.06. The van der Waals surface area contributed by atoms with E-state index in [2.05, 4.69) is 34.3 Å². The fourth-order valence-corrected chi connectivity index (χ4v) is 2.82. The molecule has 0 saturated heterocycles. The zero-order valence-electron chi connectivity index (χ0n) is 15.7. The molecule has 1 N–H and O–H groups in total. The Morgan fingerprint density at radius 2 is 1.74 bits per heavy atom. The van der Waals surface area contributed by atoms with Gasteiger partial charge in [-0.05, 0) is 30.5 Å². The molecule has 0 fully saturated rings. The van der Waals surface area contributed by atoms with E-state index in [9.17, 15) is 4.79 Å². The molecule has 0 spiro atoms. The molecule has 3 aromatic rings. The molecule has 0 aliphatic heterocycles. The second-order valence-corrected chi connectivity index (χ2v) is 6.37. The first-order valence-electron chi connectivity index (χ1n) is 9.11. The summed E-state index contributed by atoms with van der Waals surface area (Å²) in [6, 6.07) is 18.1. The van der Waals surface area contributed by atoms with Crippen LogP contribution in [0.25, 0.3) is 0 Å². The maximum absolute atomic E-state index is 12.7. The molecule has 2 aromatic carbocycles. The van der Waals surface area contributed by atoms with Crippen LogP contribution in [0, 0.1) is 6.92 Å². The van der Waals surface area contributed by atoms with Gasteiger partial charge in [0.1, 0.15) is 11.5 Å². The van der Waals surface area contributed by atoms with Gasteiger partial charge in [-0.15, -0.1) is 0 Å². The molecule has 1 aromatic heterocycles.